The Morgan fingerprint density at radius 3 is 2.65 bits per heavy atom. The molecule has 1 fully saturated rings. The van der Waals surface area contributed by atoms with Crippen molar-refractivity contribution < 1.29 is 19.1 Å². The van der Waals surface area contributed by atoms with Crippen LogP contribution in [0, 0.1) is 17.7 Å². The average molecular weight is 279 g/mol. The predicted octanol–water partition coefficient (Wildman–Crippen LogP) is 2.45. The zero-order valence-electron chi connectivity index (χ0n) is 11.1. The number of amides is 1. The van der Waals surface area contributed by atoms with Crippen LogP contribution in [-0.2, 0) is 4.79 Å². The molecule has 2 atom stereocenters. The van der Waals surface area contributed by atoms with Gasteiger partial charge in [-0.2, -0.15) is 0 Å². The van der Waals surface area contributed by atoms with E-state index < -0.39 is 23.6 Å². The van der Waals surface area contributed by atoms with E-state index in [2.05, 4.69) is 5.32 Å². The molecular formula is C15H18FNO3. The molecule has 0 unspecified atom stereocenters. The van der Waals surface area contributed by atoms with E-state index in [1.54, 1.807) is 6.07 Å². The molecule has 2 N–H and O–H groups in total. The third-order valence-corrected chi connectivity index (χ3v) is 3.87. The molecule has 0 radical (unpaired) electrons. The number of nitrogens with one attached hydrogen (secondary N) is 1. The van der Waals surface area contributed by atoms with Gasteiger partial charge in [0.25, 0.3) is 5.91 Å². The van der Waals surface area contributed by atoms with Gasteiger partial charge >= 0.3 is 5.97 Å². The number of carboxylic acid groups (broad SMARTS) is 1. The Labute approximate surface area is 117 Å². The van der Waals surface area contributed by atoms with Gasteiger partial charge in [-0.25, -0.2) is 4.39 Å². The molecule has 0 heterocycles. The minimum atomic E-state index is -0.810. The first-order chi connectivity index (χ1) is 9.59. The number of carbonyl (C=O) groups is 2. The van der Waals surface area contributed by atoms with Gasteiger partial charge in [0.05, 0.1) is 11.5 Å². The molecule has 0 aliphatic heterocycles. The molecule has 0 saturated heterocycles. The molecule has 0 spiro atoms. The Balaban J connectivity index is 1.95. The number of hydrogen-bond donors (Lipinski definition) is 2. The molecule has 0 bridgehead atoms. The van der Waals surface area contributed by atoms with Gasteiger partial charge in [-0.05, 0) is 30.9 Å². The second-order valence-corrected chi connectivity index (χ2v) is 5.18. The molecule has 1 saturated carbocycles. The fraction of sp³-hybridized carbons (Fsp3) is 0.467. The number of benzene rings is 1. The van der Waals surface area contributed by atoms with Gasteiger partial charge in [0.1, 0.15) is 5.82 Å². The summed E-state index contributed by atoms with van der Waals surface area (Å²) >= 11 is 0. The van der Waals surface area contributed by atoms with Crippen LogP contribution in [0.4, 0.5) is 4.39 Å². The zero-order valence-corrected chi connectivity index (χ0v) is 11.1. The Morgan fingerprint density at radius 2 is 1.95 bits per heavy atom. The van der Waals surface area contributed by atoms with Gasteiger partial charge in [-0.1, -0.05) is 25.0 Å². The smallest absolute Gasteiger partial charge is 0.306 e. The van der Waals surface area contributed by atoms with Gasteiger partial charge in [0, 0.05) is 6.54 Å². The molecule has 1 aliphatic rings. The lowest BCUT2D eigenvalue weighted by Crippen LogP contribution is -2.37. The molecule has 1 aliphatic carbocycles. The minimum absolute atomic E-state index is 0.00446. The normalized spacial score (nSPS) is 22.2. The maximum absolute atomic E-state index is 13.5. The first kappa shape index (κ1) is 14.5. The summed E-state index contributed by atoms with van der Waals surface area (Å²) in [5.41, 5.74) is -0.00446. The van der Waals surface area contributed by atoms with E-state index in [0.29, 0.717) is 6.42 Å². The summed E-state index contributed by atoms with van der Waals surface area (Å²) in [4.78, 5) is 23.0. The second-order valence-electron chi connectivity index (χ2n) is 5.18. The summed E-state index contributed by atoms with van der Waals surface area (Å²) in [5, 5.41) is 11.8. The Hall–Kier alpha value is -1.91. The molecular weight excluding hydrogens is 261 g/mol. The largest absolute Gasteiger partial charge is 0.481 e. The highest BCUT2D eigenvalue weighted by Gasteiger charge is 2.30. The van der Waals surface area contributed by atoms with Crippen LogP contribution in [0.25, 0.3) is 0 Å². The number of aliphatic carboxylic acids is 1. The van der Waals surface area contributed by atoms with E-state index >= 15 is 0 Å². The molecule has 1 amide bonds. The lowest BCUT2D eigenvalue weighted by atomic mass is 9.79. The van der Waals surface area contributed by atoms with Crippen molar-refractivity contribution in [3.8, 4) is 0 Å². The molecule has 5 heteroatoms. The fourth-order valence-corrected chi connectivity index (χ4v) is 2.74. The molecule has 1 aromatic carbocycles. The highest BCUT2D eigenvalue weighted by atomic mass is 19.1. The topological polar surface area (TPSA) is 66.4 Å². The molecule has 1 aromatic rings. The molecule has 20 heavy (non-hydrogen) atoms. The summed E-state index contributed by atoms with van der Waals surface area (Å²) < 4.78 is 13.5. The van der Waals surface area contributed by atoms with Crippen molar-refractivity contribution in [1.29, 1.82) is 0 Å². The highest BCUT2D eigenvalue weighted by Crippen LogP contribution is 2.29. The van der Waals surface area contributed by atoms with Crippen LogP contribution < -0.4 is 5.32 Å². The van der Waals surface area contributed by atoms with Crippen molar-refractivity contribution in [3.05, 3.63) is 35.6 Å². The van der Waals surface area contributed by atoms with Crippen molar-refractivity contribution in [1.82, 2.24) is 5.32 Å². The molecule has 2 rings (SSSR count). The lowest BCUT2D eigenvalue weighted by Gasteiger charge is -2.28. The van der Waals surface area contributed by atoms with Gasteiger partial charge in [0.2, 0.25) is 0 Å². The second kappa shape index (κ2) is 6.50. The lowest BCUT2D eigenvalue weighted by molar-refractivity contribution is -0.144. The number of halogens is 1. The van der Waals surface area contributed by atoms with Crippen LogP contribution in [0.2, 0.25) is 0 Å². The van der Waals surface area contributed by atoms with Crippen LogP contribution in [-0.4, -0.2) is 23.5 Å². The third-order valence-electron chi connectivity index (χ3n) is 3.87. The van der Waals surface area contributed by atoms with E-state index in [9.17, 15) is 14.0 Å². The fourth-order valence-electron chi connectivity index (χ4n) is 2.74. The van der Waals surface area contributed by atoms with E-state index in [-0.39, 0.29) is 18.0 Å². The average Bonchev–Trinajstić information content (AvgIpc) is 2.45. The maximum Gasteiger partial charge on any atom is 0.306 e. The van der Waals surface area contributed by atoms with Crippen LogP contribution in [0.5, 0.6) is 0 Å². The van der Waals surface area contributed by atoms with Crippen LogP contribution >= 0.6 is 0 Å². The van der Waals surface area contributed by atoms with Crippen LogP contribution in [0.3, 0.4) is 0 Å². The summed E-state index contributed by atoms with van der Waals surface area (Å²) in [6.45, 7) is 0.282. The molecule has 4 nitrogen and oxygen atoms in total. The summed E-state index contributed by atoms with van der Waals surface area (Å²) in [6.07, 6.45) is 3.32. The third kappa shape index (κ3) is 3.35. The quantitative estimate of drug-likeness (QED) is 0.889. The van der Waals surface area contributed by atoms with E-state index in [4.69, 9.17) is 5.11 Å². The Kier molecular flexibility index (Phi) is 4.71. The highest BCUT2D eigenvalue weighted by molar-refractivity contribution is 5.94. The molecule has 108 valence electrons. The first-order valence-corrected chi connectivity index (χ1v) is 6.85. The van der Waals surface area contributed by atoms with Crippen LogP contribution in [0.1, 0.15) is 36.0 Å². The summed E-state index contributed by atoms with van der Waals surface area (Å²) in [6, 6.07) is 5.77. The minimum Gasteiger partial charge on any atom is -0.481 e. The van der Waals surface area contributed by atoms with Crippen molar-refractivity contribution in [3.63, 3.8) is 0 Å². The Morgan fingerprint density at radius 1 is 1.25 bits per heavy atom. The monoisotopic (exact) mass is 279 g/mol. The van der Waals surface area contributed by atoms with Crippen molar-refractivity contribution >= 4 is 11.9 Å². The van der Waals surface area contributed by atoms with Crippen molar-refractivity contribution in [2.45, 2.75) is 25.7 Å². The standard InChI is InChI=1S/C15H18FNO3/c16-13-8-4-3-7-12(13)14(18)17-9-10-5-1-2-6-11(10)15(19)20/h3-4,7-8,10-11H,1-2,5-6,9H2,(H,17,18)(H,19,20)/t10-,11-/m0/s1. The van der Waals surface area contributed by atoms with E-state index in [0.717, 1.165) is 19.3 Å². The van der Waals surface area contributed by atoms with Gasteiger partial charge in [-0.3, -0.25) is 9.59 Å². The maximum atomic E-state index is 13.5. The number of carboxylic acids is 1. The number of rotatable bonds is 4. The van der Waals surface area contributed by atoms with Crippen molar-refractivity contribution in [2.75, 3.05) is 6.54 Å². The number of carbonyl (C=O) groups excluding carboxylic acids is 1. The summed E-state index contributed by atoms with van der Waals surface area (Å²) in [5.74, 6) is -2.35. The van der Waals surface area contributed by atoms with Gasteiger partial charge < -0.3 is 10.4 Å². The first-order valence-electron chi connectivity index (χ1n) is 6.85. The molecule has 0 aromatic heterocycles. The van der Waals surface area contributed by atoms with E-state index in [1.165, 1.54) is 18.2 Å². The van der Waals surface area contributed by atoms with Crippen LogP contribution in [0.15, 0.2) is 24.3 Å². The SMILES string of the molecule is O=C(NC[C@@H]1CCCC[C@@H]1C(=O)O)c1ccccc1F. The zero-order chi connectivity index (χ0) is 14.5. The van der Waals surface area contributed by atoms with Gasteiger partial charge in [0.15, 0.2) is 0 Å². The van der Waals surface area contributed by atoms with Gasteiger partial charge in [-0.15, -0.1) is 0 Å². The number of hydrogen-bond acceptors (Lipinski definition) is 2. The van der Waals surface area contributed by atoms with E-state index in [1.807, 2.05) is 0 Å². The summed E-state index contributed by atoms with van der Waals surface area (Å²) in [7, 11) is 0. The Bertz CT molecular complexity index is 504. The predicted molar refractivity (Wildman–Crippen MR) is 71.8 cm³/mol. The van der Waals surface area contributed by atoms with Crippen molar-refractivity contribution in [2.24, 2.45) is 11.8 Å².